The van der Waals surface area contributed by atoms with Crippen LogP contribution in [0.1, 0.15) is 25.7 Å². The van der Waals surface area contributed by atoms with Gasteiger partial charge >= 0.3 is 6.18 Å². The van der Waals surface area contributed by atoms with E-state index in [1.165, 1.54) is 0 Å². The molecule has 17 heavy (non-hydrogen) atoms. The van der Waals surface area contributed by atoms with E-state index in [9.17, 15) is 13.2 Å². The molecule has 0 heterocycles. The summed E-state index contributed by atoms with van der Waals surface area (Å²) < 4.78 is 46.2. The van der Waals surface area contributed by atoms with E-state index in [0.717, 1.165) is 25.7 Å². The van der Waals surface area contributed by atoms with Gasteiger partial charge in [0.25, 0.3) is 0 Å². The largest absolute Gasteiger partial charge is 0.401 e. The Kier molecular flexibility index (Phi) is 6.22. The van der Waals surface area contributed by atoms with E-state index in [-0.39, 0.29) is 18.8 Å². The second-order valence-corrected chi connectivity index (χ2v) is 4.31. The highest BCUT2D eigenvalue weighted by Gasteiger charge is 2.26. The first kappa shape index (κ1) is 14.7. The van der Waals surface area contributed by atoms with E-state index >= 15 is 0 Å². The third kappa shape index (κ3) is 6.85. The number of methoxy groups -OCH3 is 1. The molecule has 0 aromatic carbocycles. The summed E-state index contributed by atoms with van der Waals surface area (Å²) >= 11 is 0. The molecule has 2 atom stereocenters. The van der Waals surface area contributed by atoms with Crippen molar-refractivity contribution < 1.29 is 22.6 Å². The van der Waals surface area contributed by atoms with Crippen LogP contribution in [0.5, 0.6) is 0 Å². The summed E-state index contributed by atoms with van der Waals surface area (Å²) in [7, 11) is 1.68. The highest BCUT2D eigenvalue weighted by Crippen LogP contribution is 2.22. The first-order chi connectivity index (χ1) is 8.01. The Hall–Kier alpha value is -0.330. The van der Waals surface area contributed by atoms with Crippen LogP contribution in [-0.2, 0) is 9.47 Å². The van der Waals surface area contributed by atoms with Gasteiger partial charge in [-0.05, 0) is 25.7 Å². The van der Waals surface area contributed by atoms with Gasteiger partial charge in [0.15, 0.2) is 0 Å². The average molecular weight is 255 g/mol. The number of hydrogen-bond donors (Lipinski definition) is 1. The molecule has 0 saturated heterocycles. The topological polar surface area (TPSA) is 30.5 Å². The molecule has 3 nitrogen and oxygen atoms in total. The van der Waals surface area contributed by atoms with Crippen LogP contribution in [0, 0.1) is 0 Å². The summed E-state index contributed by atoms with van der Waals surface area (Å²) in [6.45, 7) is -0.410. The van der Waals surface area contributed by atoms with Crippen molar-refractivity contribution in [2.75, 3.05) is 26.8 Å². The van der Waals surface area contributed by atoms with Gasteiger partial charge in [0.2, 0.25) is 0 Å². The van der Waals surface area contributed by atoms with Crippen molar-refractivity contribution in [1.82, 2.24) is 5.32 Å². The number of alkyl halides is 3. The SMILES string of the molecule is COC1CCCC(OCCNCC(F)(F)F)C1. The fourth-order valence-electron chi connectivity index (χ4n) is 2.00. The molecule has 0 aromatic rings. The minimum atomic E-state index is -4.15. The van der Waals surface area contributed by atoms with E-state index in [1.54, 1.807) is 7.11 Å². The number of nitrogens with one attached hydrogen (secondary N) is 1. The highest BCUT2D eigenvalue weighted by atomic mass is 19.4. The summed E-state index contributed by atoms with van der Waals surface area (Å²) in [5.74, 6) is 0. The molecule has 0 aliphatic heterocycles. The zero-order valence-electron chi connectivity index (χ0n) is 10.1. The van der Waals surface area contributed by atoms with Crippen LogP contribution in [0.3, 0.4) is 0 Å². The predicted octanol–water partition coefficient (Wildman–Crippen LogP) is 2.11. The van der Waals surface area contributed by atoms with Crippen LogP contribution >= 0.6 is 0 Å². The molecule has 0 aromatic heterocycles. The molecule has 1 saturated carbocycles. The molecule has 6 heteroatoms. The van der Waals surface area contributed by atoms with Gasteiger partial charge in [-0.3, -0.25) is 0 Å². The molecule has 1 aliphatic carbocycles. The first-order valence-electron chi connectivity index (χ1n) is 5.93. The minimum absolute atomic E-state index is 0.126. The number of ether oxygens (including phenoxy) is 2. The molecule has 1 aliphatic rings. The fourth-order valence-corrected chi connectivity index (χ4v) is 2.00. The van der Waals surface area contributed by atoms with E-state index < -0.39 is 12.7 Å². The molecule has 102 valence electrons. The third-order valence-electron chi connectivity index (χ3n) is 2.87. The standard InChI is InChI=1S/C11H20F3NO2/c1-16-9-3-2-4-10(7-9)17-6-5-15-8-11(12,13)14/h9-10,15H,2-8H2,1H3. The van der Waals surface area contributed by atoms with Crippen LogP contribution in [0.2, 0.25) is 0 Å². The molecular formula is C11H20F3NO2. The van der Waals surface area contributed by atoms with Gasteiger partial charge < -0.3 is 14.8 Å². The molecule has 1 rings (SSSR count). The molecule has 0 spiro atoms. The third-order valence-corrected chi connectivity index (χ3v) is 2.87. The molecule has 2 unspecified atom stereocenters. The van der Waals surface area contributed by atoms with Crippen LogP contribution in [0.15, 0.2) is 0 Å². The van der Waals surface area contributed by atoms with Gasteiger partial charge in [-0.15, -0.1) is 0 Å². The zero-order chi connectivity index (χ0) is 12.7. The normalized spacial score (nSPS) is 26.1. The van der Waals surface area contributed by atoms with Gasteiger partial charge in [0, 0.05) is 13.7 Å². The van der Waals surface area contributed by atoms with Crippen molar-refractivity contribution in [3.8, 4) is 0 Å². The van der Waals surface area contributed by atoms with Crippen molar-refractivity contribution in [2.45, 2.75) is 44.1 Å². The maximum Gasteiger partial charge on any atom is 0.401 e. The van der Waals surface area contributed by atoms with Crippen molar-refractivity contribution in [1.29, 1.82) is 0 Å². The van der Waals surface area contributed by atoms with E-state index in [4.69, 9.17) is 9.47 Å². The predicted molar refractivity (Wildman–Crippen MR) is 57.9 cm³/mol. The van der Waals surface area contributed by atoms with E-state index in [2.05, 4.69) is 5.32 Å². The molecule has 1 fully saturated rings. The smallest absolute Gasteiger partial charge is 0.381 e. The highest BCUT2D eigenvalue weighted by molar-refractivity contribution is 4.73. The lowest BCUT2D eigenvalue weighted by Crippen LogP contribution is -2.33. The van der Waals surface area contributed by atoms with Crippen molar-refractivity contribution in [2.24, 2.45) is 0 Å². The maximum absolute atomic E-state index is 11.8. The number of hydrogen-bond acceptors (Lipinski definition) is 3. The lowest BCUT2D eigenvalue weighted by atomic mass is 9.95. The molecule has 0 radical (unpaired) electrons. The summed E-state index contributed by atoms with van der Waals surface area (Å²) in [4.78, 5) is 0. The Morgan fingerprint density at radius 1 is 1.24 bits per heavy atom. The number of halogens is 3. The lowest BCUT2D eigenvalue weighted by Gasteiger charge is -2.28. The summed E-state index contributed by atoms with van der Waals surface area (Å²) in [5, 5.41) is 2.31. The Balaban J connectivity index is 2.02. The summed E-state index contributed by atoms with van der Waals surface area (Å²) in [5.41, 5.74) is 0. The Morgan fingerprint density at radius 3 is 2.59 bits per heavy atom. The molecule has 1 N–H and O–H groups in total. The quantitative estimate of drug-likeness (QED) is 0.737. The maximum atomic E-state index is 11.8. The Labute approximate surface area is 99.7 Å². The zero-order valence-corrected chi connectivity index (χ0v) is 10.1. The van der Waals surface area contributed by atoms with Crippen LogP contribution < -0.4 is 5.32 Å². The fraction of sp³-hybridized carbons (Fsp3) is 1.00. The average Bonchev–Trinajstić information content (AvgIpc) is 2.27. The molecule has 0 bridgehead atoms. The lowest BCUT2D eigenvalue weighted by molar-refractivity contribution is -0.125. The van der Waals surface area contributed by atoms with Crippen molar-refractivity contribution >= 4 is 0 Å². The minimum Gasteiger partial charge on any atom is -0.381 e. The van der Waals surface area contributed by atoms with Crippen LogP contribution in [-0.4, -0.2) is 45.2 Å². The summed E-state index contributed by atoms with van der Waals surface area (Å²) in [6.07, 6.45) is 0.126. The van der Waals surface area contributed by atoms with Gasteiger partial charge in [-0.1, -0.05) is 0 Å². The van der Waals surface area contributed by atoms with Crippen molar-refractivity contribution in [3.63, 3.8) is 0 Å². The van der Waals surface area contributed by atoms with Gasteiger partial charge in [-0.25, -0.2) is 0 Å². The monoisotopic (exact) mass is 255 g/mol. The van der Waals surface area contributed by atoms with Crippen LogP contribution in [0.4, 0.5) is 13.2 Å². The van der Waals surface area contributed by atoms with Gasteiger partial charge in [0.05, 0.1) is 25.4 Å². The first-order valence-corrected chi connectivity index (χ1v) is 5.93. The van der Waals surface area contributed by atoms with Gasteiger partial charge in [0.1, 0.15) is 0 Å². The number of rotatable bonds is 6. The second kappa shape index (κ2) is 7.18. The van der Waals surface area contributed by atoms with Crippen LogP contribution in [0.25, 0.3) is 0 Å². The van der Waals surface area contributed by atoms with E-state index in [0.29, 0.717) is 6.61 Å². The van der Waals surface area contributed by atoms with E-state index in [1.807, 2.05) is 0 Å². The molecular weight excluding hydrogens is 235 g/mol. The second-order valence-electron chi connectivity index (χ2n) is 4.31. The Morgan fingerprint density at radius 2 is 1.94 bits per heavy atom. The Bertz CT molecular complexity index is 211. The molecule has 0 amide bonds. The van der Waals surface area contributed by atoms with Crippen molar-refractivity contribution in [3.05, 3.63) is 0 Å². The summed E-state index contributed by atoms with van der Waals surface area (Å²) in [6, 6.07) is 0. The van der Waals surface area contributed by atoms with Gasteiger partial charge in [-0.2, -0.15) is 13.2 Å².